The number of hydrogen-bond acceptors (Lipinski definition) is 2. The van der Waals surface area contributed by atoms with Gasteiger partial charge in [0.05, 0.1) is 5.56 Å². The van der Waals surface area contributed by atoms with Gasteiger partial charge in [0, 0.05) is 12.0 Å². The summed E-state index contributed by atoms with van der Waals surface area (Å²) < 4.78 is 5.57. The number of nitrogens with two attached hydrogens (primary N) is 1. The molecule has 1 aromatic rings. The number of furan rings is 1. The molecule has 0 radical (unpaired) electrons. The molecule has 0 saturated heterocycles. The van der Waals surface area contributed by atoms with Crippen LogP contribution in [0.4, 0.5) is 0 Å². The van der Waals surface area contributed by atoms with Crippen LogP contribution in [0.15, 0.2) is 4.42 Å². The third kappa shape index (κ3) is 1.24. The standard InChI is InChI=1S/C11H15NO2/c1-6-4-3-5-8-9(6)10(11(12)13)7(2)14-8/h6H,3-5H2,1-2H3,(H2,12,13). The number of carbonyl (C=O) groups is 1. The van der Waals surface area contributed by atoms with Gasteiger partial charge in [0.25, 0.3) is 5.91 Å². The van der Waals surface area contributed by atoms with Gasteiger partial charge in [-0.05, 0) is 25.7 Å². The molecule has 14 heavy (non-hydrogen) atoms. The van der Waals surface area contributed by atoms with Crippen LogP contribution in [-0.2, 0) is 6.42 Å². The van der Waals surface area contributed by atoms with E-state index in [1.54, 1.807) is 0 Å². The first kappa shape index (κ1) is 9.31. The number of primary amides is 1. The molecule has 2 rings (SSSR count). The van der Waals surface area contributed by atoms with Crippen LogP contribution in [-0.4, -0.2) is 5.91 Å². The van der Waals surface area contributed by atoms with Gasteiger partial charge in [0.1, 0.15) is 11.5 Å². The molecule has 0 fully saturated rings. The molecule has 1 heterocycles. The van der Waals surface area contributed by atoms with E-state index >= 15 is 0 Å². The van der Waals surface area contributed by atoms with E-state index in [-0.39, 0.29) is 5.91 Å². The van der Waals surface area contributed by atoms with Gasteiger partial charge >= 0.3 is 0 Å². The summed E-state index contributed by atoms with van der Waals surface area (Å²) in [5.74, 6) is 1.69. The highest BCUT2D eigenvalue weighted by atomic mass is 16.3. The molecule has 1 aliphatic rings. The van der Waals surface area contributed by atoms with Crippen LogP contribution in [0.1, 0.15) is 53.1 Å². The van der Waals surface area contributed by atoms with Gasteiger partial charge in [0.2, 0.25) is 0 Å². The Balaban J connectivity index is 2.59. The van der Waals surface area contributed by atoms with Gasteiger partial charge in [-0.3, -0.25) is 4.79 Å². The molecule has 0 aromatic carbocycles. The lowest BCUT2D eigenvalue weighted by Crippen LogP contribution is -2.16. The molecule has 1 atom stereocenters. The molecule has 1 amide bonds. The maximum Gasteiger partial charge on any atom is 0.252 e. The fraction of sp³-hybridized carbons (Fsp3) is 0.545. The van der Waals surface area contributed by atoms with Crippen LogP contribution in [0.5, 0.6) is 0 Å². The molecule has 1 aromatic heterocycles. The SMILES string of the molecule is Cc1oc2c(c1C(N)=O)C(C)CCC2. The largest absolute Gasteiger partial charge is 0.465 e. The summed E-state index contributed by atoms with van der Waals surface area (Å²) in [5.41, 5.74) is 7.02. The van der Waals surface area contributed by atoms with Crippen LogP contribution in [0.2, 0.25) is 0 Å². The zero-order valence-corrected chi connectivity index (χ0v) is 8.59. The van der Waals surface area contributed by atoms with Gasteiger partial charge in [-0.1, -0.05) is 6.92 Å². The topological polar surface area (TPSA) is 56.2 Å². The highest BCUT2D eigenvalue weighted by molar-refractivity contribution is 5.95. The minimum absolute atomic E-state index is 0.360. The van der Waals surface area contributed by atoms with E-state index in [1.807, 2.05) is 6.92 Å². The van der Waals surface area contributed by atoms with Crippen LogP contribution >= 0.6 is 0 Å². The van der Waals surface area contributed by atoms with Crippen molar-refractivity contribution in [2.45, 2.75) is 39.0 Å². The Hall–Kier alpha value is -1.25. The molecule has 0 spiro atoms. The lowest BCUT2D eigenvalue weighted by molar-refractivity contribution is 0.0997. The Morgan fingerprint density at radius 2 is 2.29 bits per heavy atom. The Kier molecular flexibility index (Phi) is 2.10. The summed E-state index contributed by atoms with van der Waals surface area (Å²) >= 11 is 0. The maximum atomic E-state index is 11.3. The predicted molar refractivity (Wildman–Crippen MR) is 53.3 cm³/mol. The van der Waals surface area contributed by atoms with Gasteiger partial charge < -0.3 is 10.2 Å². The summed E-state index contributed by atoms with van der Waals surface area (Å²) in [6.07, 6.45) is 3.19. The third-order valence-electron chi connectivity index (χ3n) is 2.98. The van der Waals surface area contributed by atoms with Crippen LogP contribution in [0, 0.1) is 6.92 Å². The van der Waals surface area contributed by atoms with E-state index in [9.17, 15) is 4.79 Å². The molecule has 0 saturated carbocycles. The van der Waals surface area contributed by atoms with E-state index in [0.29, 0.717) is 17.2 Å². The average Bonchev–Trinajstić information content (AvgIpc) is 2.42. The van der Waals surface area contributed by atoms with E-state index in [1.165, 1.54) is 0 Å². The second-order valence-electron chi connectivity index (χ2n) is 4.03. The molecule has 0 aliphatic heterocycles. The van der Waals surface area contributed by atoms with E-state index in [0.717, 1.165) is 30.6 Å². The number of carbonyl (C=O) groups excluding carboxylic acids is 1. The van der Waals surface area contributed by atoms with Crippen LogP contribution in [0.25, 0.3) is 0 Å². The molecular weight excluding hydrogens is 178 g/mol. The lowest BCUT2D eigenvalue weighted by atomic mass is 9.86. The number of rotatable bonds is 1. The minimum Gasteiger partial charge on any atom is -0.465 e. The number of fused-ring (bicyclic) bond motifs is 1. The third-order valence-corrected chi connectivity index (χ3v) is 2.98. The Morgan fingerprint density at radius 3 is 2.93 bits per heavy atom. The molecule has 0 bridgehead atoms. The van der Waals surface area contributed by atoms with Crippen molar-refractivity contribution in [3.05, 3.63) is 22.6 Å². The Bertz CT molecular complexity index is 379. The van der Waals surface area contributed by atoms with Crippen molar-refractivity contribution in [2.24, 2.45) is 5.73 Å². The lowest BCUT2D eigenvalue weighted by Gasteiger charge is -2.17. The van der Waals surface area contributed by atoms with Crippen molar-refractivity contribution in [1.29, 1.82) is 0 Å². The number of hydrogen-bond donors (Lipinski definition) is 1. The van der Waals surface area contributed by atoms with Crippen molar-refractivity contribution in [3.8, 4) is 0 Å². The quantitative estimate of drug-likeness (QED) is 0.742. The molecule has 2 N–H and O–H groups in total. The van der Waals surface area contributed by atoms with Crippen molar-refractivity contribution in [2.75, 3.05) is 0 Å². The van der Waals surface area contributed by atoms with Gasteiger partial charge in [-0.15, -0.1) is 0 Å². The van der Waals surface area contributed by atoms with Crippen LogP contribution < -0.4 is 5.73 Å². The second kappa shape index (κ2) is 3.15. The first-order valence-electron chi connectivity index (χ1n) is 5.03. The maximum absolute atomic E-state index is 11.3. The van der Waals surface area contributed by atoms with E-state index in [4.69, 9.17) is 10.2 Å². The van der Waals surface area contributed by atoms with Gasteiger partial charge in [0.15, 0.2) is 0 Å². The average molecular weight is 193 g/mol. The highest BCUT2D eigenvalue weighted by Crippen LogP contribution is 2.36. The fourth-order valence-corrected chi connectivity index (χ4v) is 2.35. The Labute approximate surface area is 83.3 Å². The first-order chi connectivity index (χ1) is 6.61. The summed E-state index contributed by atoms with van der Waals surface area (Å²) in [7, 11) is 0. The van der Waals surface area contributed by atoms with E-state index < -0.39 is 0 Å². The summed E-state index contributed by atoms with van der Waals surface area (Å²) in [5, 5.41) is 0. The molecule has 3 heteroatoms. The summed E-state index contributed by atoms with van der Waals surface area (Å²) in [4.78, 5) is 11.3. The normalized spacial score (nSPS) is 20.6. The molecule has 76 valence electrons. The first-order valence-corrected chi connectivity index (χ1v) is 5.03. The highest BCUT2D eigenvalue weighted by Gasteiger charge is 2.27. The molecular formula is C11H15NO2. The minimum atomic E-state index is -0.360. The second-order valence-corrected chi connectivity index (χ2v) is 4.03. The monoisotopic (exact) mass is 193 g/mol. The van der Waals surface area contributed by atoms with Gasteiger partial charge in [-0.25, -0.2) is 0 Å². The number of amides is 1. The molecule has 1 unspecified atom stereocenters. The summed E-state index contributed by atoms with van der Waals surface area (Å²) in [6.45, 7) is 3.94. The van der Waals surface area contributed by atoms with E-state index in [2.05, 4.69) is 6.92 Å². The Morgan fingerprint density at radius 1 is 1.57 bits per heavy atom. The van der Waals surface area contributed by atoms with Crippen molar-refractivity contribution in [3.63, 3.8) is 0 Å². The number of aryl methyl sites for hydroxylation is 2. The van der Waals surface area contributed by atoms with Crippen molar-refractivity contribution >= 4 is 5.91 Å². The van der Waals surface area contributed by atoms with Gasteiger partial charge in [-0.2, -0.15) is 0 Å². The smallest absolute Gasteiger partial charge is 0.252 e. The van der Waals surface area contributed by atoms with Crippen LogP contribution in [0.3, 0.4) is 0 Å². The molecule has 3 nitrogen and oxygen atoms in total. The summed E-state index contributed by atoms with van der Waals surface area (Å²) in [6, 6.07) is 0. The van der Waals surface area contributed by atoms with Crippen molar-refractivity contribution < 1.29 is 9.21 Å². The fourth-order valence-electron chi connectivity index (χ4n) is 2.35. The zero-order chi connectivity index (χ0) is 10.3. The predicted octanol–water partition coefficient (Wildman–Crippen LogP) is 2.13. The van der Waals surface area contributed by atoms with Crippen molar-refractivity contribution in [1.82, 2.24) is 0 Å². The molecule has 1 aliphatic carbocycles. The zero-order valence-electron chi connectivity index (χ0n) is 8.59.